The molecule has 0 aromatic heterocycles. The normalized spacial score (nSPS) is 18.0. The molecule has 0 saturated carbocycles. The van der Waals surface area contributed by atoms with E-state index in [2.05, 4.69) is 15.9 Å². The number of aryl methyl sites for hydroxylation is 1. The lowest BCUT2D eigenvalue weighted by Crippen LogP contribution is -1.88. The standard InChI is InChI=1S/C9H7BrO.C9H8O.CH4/c10-8-5-9(11)7-4-2-1-3-6(7)8;10-9-6-5-7-3-1-2-4-8(7)9;/h1-4,8H,5H2;1-4H,5-6H2;1H4. The first-order chi connectivity index (χ1) is 10.2. The molecule has 1 atom stereocenters. The molecule has 0 heterocycles. The van der Waals surface area contributed by atoms with Gasteiger partial charge in [0.05, 0.1) is 0 Å². The summed E-state index contributed by atoms with van der Waals surface area (Å²) in [7, 11) is 0. The first-order valence-corrected chi connectivity index (χ1v) is 7.95. The number of benzene rings is 2. The molecule has 4 rings (SSSR count). The van der Waals surface area contributed by atoms with E-state index in [0.29, 0.717) is 18.6 Å². The van der Waals surface area contributed by atoms with Crippen molar-refractivity contribution in [3.8, 4) is 0 Å². The molecule has 1 unspecified atom stereocenters. The van der Waals surface area contributed by atoms with Crippen molar-refractivity contribution in [3.63, 3.8) is 0 Å². The molecule has 22 heavy (non-hydrogen) atoms. The van der Waals surface area contributed by atoms with Crippen LogP contribution in [0.5, 0.6) is 0 Å². The molecule has 2 aliphatic rings. The number of hydrogen-bond acceptors (Lipinski definition) is 2. The number of ketones is 2. The van der Waals surface area contributed by atoms with E-state index in [4.69, 9.17) is 0 Å². The van der Waals surface area contributed by atoms with Crippen LogP contribution in [0.25, 0.3) is 0 Å². The Labute approximate surface area is 139 Å². The molecule has 2 nitrogen and oxygen atoms in total. The van der Waals surface area contributed by atoms with E-state index in [1.807, 2.05) is 48.5 Å². The van der Waals surface area contributed by atoms with Gasteiger partial charge in [0, 0.05) is 28.8 Å². The van der Waals surface area contributed by atoms with Crippen LogP contribution in [0, 0.1) is 0 Å². The maximum Gasteiger partial charge on any atom is 0.164 e. The Balaban J connectivity index is 0.000000154. The number of fused-ring (bicyclic) bond motifs is 2. The van der Waals surface area contributed by atoms with Crippen molar-refractivity contribution < 1.29 is 9.59 Å². The van der Waals surface area contributed by atoms with E-state index in [1.54, 1.807) is 0 Å². The number of halogens is 1. The summed E-state index contributed by atoms with van der Waals surface area (Å²) in [4.78, 5) is 22.6. The second-order valence-electron chi connectivity index (χ2n) is 5.26. The molecule has 0 N–H and O–H groups in total. The van der Waals surface area contributed by atoms with Gasteiger partial charge in [0.25, 0.3) is 0 Å². The fourth-order valence-electron chi connectivity index (χ4n) is 2.80. The van der Waals surface area contributed by atoms with Gasteiger partial charge in [-0.2, -0.15) is 0 Å². The Kier molecular flexibility index (Phi) is 5.30. The Hall–Kier alpha value is -1.74. The zero-order valence-electron chi connectivity index (χ0n) is 11.5. The SMILES string of the molecule is C.O=C1CC(Br)c2ccccc21.O=C1CCc2ccccc21. The minimum absolute atomic E-state index is 0. The second kappa shape index (κ2) is 7.01. The first kappa shape index (κ1) is 16.6. The lowest BCUT2D eigenvalue weighted by Gasteiger charge is -1.98. The monoisotopic (exact) mass is 358 g/mol. The zero-order chi connectivity index (χ0) is 14.8. The van der Waals surface area contributed by atoms with Crippen molar-refractivity contribution in [2.75, 3.05) is 0 Å². The lowest BCUT2D eigenvalue weighted by atomic mass is 10.1. The molecule has 0 amide bonds. The quantitative estimate of drug-likeness (QED) is 0.609. The van der Waals surface area contributed by atoms with Crippen molar-refractivity contribution in [2.24, 2.45) is 0 Å². The summed E-state index contributed by atoms with van der Waals surface area (Å²) in [6.45, 7) is 0. The van der Waals surface area contributed by atoms with Gasteiger partial charge in [0.1, 0.15) is 0 Å². The van der Waals surface area contributed by atoms with Gasteiger partial charge < -0.3 is 0 Å². The van der Waals surface area contributed by atoms with E-state index in [1.165, 1.54) is 5.56 Å². The lowest BCUT2D eigenvalue weighted by molar-refractivity contribution is 0.0986. The van der Waals surface area contributed by atoms with Crippen molar-refractivity contribution in [1.29, 1.82) is 0 Å². The third-order valence-corrected chi connectivity index (χ3v) is 4.72. The van der Waals surface area contributed by atoms with Gasteiger partial charge >= 0.3 is 0 Å². The minimum Gasteiger partial charge on any atom is -0.294 e. The van der Waals surface area contributed by atoms with Gasteiger partial charge in [-0.05, 0) is 17.5 Å². The van der Waals surface area contributed by atoms with Crippen molar-refractivity contribution >= 4 is 27.5 Å². The van der Waals surface area contributed by atoms with Gasteiger partial charge in [0.2, 0.25) is 0 Å². The van der Waals surface area contributed by atoms with Crippen molar-refractivity contribution in [3.05, 3.63) is 70.8 Å². The molecule has 0 radical (unpaired) electrons. The predicted molar refractivity (Wildman–Crippen MR) is 92.9 cm³/mol. The molecule has 0 fully saturated rings. The summed E-state index contributed by atoms with van der Waals surface area (Å²) in [5.41, 5.74) is 4.17. The van der Waals surface area contributed by atoms with E-state index in [9.17, 15) is 9.59 Å². The molecule has 2 aliphatic carbocycles. The summed E-state index contributed by atoms with van der Waals surface area (Å²) in [5.74, 6) is 0.554. The molecule has 0 aliphatic heterocycles. The number of hydrogen-bond donors (Lipinski definition) is 0. The van der Waals surface area contributed by atoms with E-state index in [0.717, 1.165) is 23.1 Å². The third-order valence-electron chi connectivity index (χ3n) is 3.90. The maximum absolute atomic E-state index is 11.2. The fraction of sp³-hybridized carbons (Fsp3) is 0.263. The van der Waals surface area contributed by atoms with Crippen LogP contribution in [0.2, 0.25) is 0 Å². The van der Waals surface area contributed by atoms with Crippen LogP contribution in [-0.4, -0.2) is 11.6 Å². The number of carbonyl (C=O) groups is 2. The van der Waals surface area contributed by atoms with E-state index in [-0.39, 0.29) is 18.0 Å². The Morgan fingerprint density at radius 3 is 2.14 bits per heavy atom. The Morgan fingerprint density at radius 1 is 0.818 bits per heavy atom. The predicted octanol–water partition coefficient (Wildman–Crippen LogP) is 5.16. The fourth-order valence-corrected chi connectivity index (χ4v) is 3.49. The average Bonchev–Trinajstić information content (AvgIpc) is 3.02. The maximum atomic E-state index is 11.2. The van der Waals surface area contributed by atoms with Crippen LogP contribution in [0.15, 0.2) is 48.5 Å². The molecule has 0 bridgehead atoms. The highest BCUT2D eigenvalue weighted by Crippen LogP contribution is 2.36. The Morgan fingerprint density at radius 2 is 1.45 bits per heavy atom. The Bertz CT molecular complexity index is 706. The van der Waals surface area contributed by atoms with Crippen molar-refractivity contribution in [1.82, 2.24) is 0 Å². The molecular formula is C19H19BrO2. The average molecular weight is 359 g/mol. The van der Waals surface area contributed by atoms with Crippen LogP contribution >= 0.6 is 15.9 Å². The largest absolute Gasteiger partial charge is 0.294 e. The zero-order valence-corrected chi connectivity index (χ0v) is 13.1. The molecule has 114 valence electrons. The summed E-state index contributed by atoms with van der Waals surface area (Å²) in [6.07, 6.45) is 2.26. The van der Waals surface area contributed by atoms with Gasteiger partial charge in [-0.3, -0.25) is 9.59 Å². The van der Waals surface area contributed by atoms with Crippen LogP contribution < -0.4 is 0 Å². The number of rotatable bonds is 0. The summed E-state index contributed by atoms with van der Waals surface area (Å²) >= 11 is 3.46. The van der Waals surface area contributed by atoms with E-state index < -0.39 is 0 Å². The third kappa shape index (κ3) is 3.20. The van der Waals surface area contributed by atoms with Crippen LogP contribution in [0.4, 0.5) is 0 Å². The van der Waals surface area contributed by atoms with E-state index >= 15 is 0 Å². The highest BCUT2D eigenvalue weighted by atomic mass is 79.9. The topological polar surface area (TPSA) is 34.1 Å². The number of carbonyl (C=O) groups excluding carboxylic acids is 2. The first-order valence-electron chi connectivity index (χ1n) is 7.04. The summed E-state index contributed by atoms with van der Waals surface area (Å²) in [6, 6.07) is 15.6. The molecule has 2 aromatic rings. The van der Waals surface area contributed by atoms with Crippen molar-refractivity contribution in [2.45, 2.75) is 31.5 Å². The van der Waals surface area contributed by atoms with Gasteiger partial charge in [-0.1, -0.05) is 71.9 Å². The smallest absolute Gasteiger partial charge is 0.164 e. The summed E-state index contributed by atoms with van der Waals surface area (Å²) in [5, 5.41) is 0. The minimum atomic E-state index is 0. The molecule has 3 heteroatoms. The highest BCUT2D eigenvalue weighted by Gasteiger charge is 2.26. The number of alkyl halides is 1. The van der Waals surface area contributed by atoms with Gasteiger partial charge in [-0.15, -0.1) is 0 Å². The summed E-state index contributed by atoms with van der Waals surface area (Å²) < 4.78 is 0. The van der Waals surface area contributed by atoms with Crippen LogP contribution in [0.1, 0.15) is 56.9 Å². The molecule has 2 aromatic carbocycles. The molecular weight excluding hydrogens is 340 g/mol. The number of Topliss-reactive ketones (excluding diaryl/α,β-unsaturated/α-hetero) is 2. The van der Waals surface area contributed by atoms with Gasteiger partial charge in [-0.25, -0.2) is 0 Å². The molecule has 0 spiro atoms. The van der Waals surface area contributed by atoms with Crippen LogP contribution in [-0.2, 0) is 6.42 Å². The molecule has 0 saturated heterocycles. The highest BCUT2D eigenvalue weighted by molar-refractivity contribution is 9.09. The van der Waals surface area contributed by atoms with Gasteiger partial charge in [0.15, 0.2) is 11.6 Å². The second-order valence-corrected chi connectivity index (χ2v) is 6.37. The van der Waals surface area contributed by atoms with Crippen LogP contribution in [0.3, 0.4) is 0 Å².